The highest BCUT2D eigenvalue weighted by Crippen LogP contribution is 2.39. The highest BCUT2D eigenvalue weighted by atomic mass is 15.3. The fourth-order valence-electron chi connectivity index (χ4n) is 3.52. The first-order chi connectivity index (χ1) is 12.3. The van der Waals surface area contributed by atoms with E-state index in [1.165, 1.54) is 24.2 Å². The van der Waals surface area contributed by atoms with Gasteiger partial charge in [-0.25, -0.2) is 15.0 Å². The first-order valence-electron chi connectivity index (χ1n) is 9.04. The molecule has 0 spiro atoms. The fraction of sp³-hybridized carbons (Fsp3) is 0.421. The van der Waals surface area contributed by atoms with Crippen molar-refractivity contribution in [1.82, 2.24) is 19.4 Å². The summed E-state index contributed by atoms with van der Waals surface area (Å²) < 4.78 is 2.18. The van der Waals surface area contributed by atoms with E-state index < -0.39 is 0 Å². The molecule has 3 aromatic heterocycles. The number of nitrogens with zero attached hydrogens (tertiary/aromatic N) is 6. The Morgan fingerprint density at radius 1 is 0.920 bits per heavy atom. The van der Waals surface area contributed by atoms with Crippen molar-refractivity contribution in [3.8, 4) is 0 Å². The molecule has 1 aliphatic carbocycles. The molecule has 3 aromatic rings. The van der Waals surface area contributed by atoms with Gasteiger partial charge in [0, 0.05) is 56.4 Å². The summed E-state index contributed by atoms with van der Waals surface area (Å²) in [5.74, 6) is 1.54. The average Bonchev–Trinajstić information content (AvgIpc) is 3.41. The van der Waals surface area contributed by atoms with Gasteiger partial charge in [0.05, 0.1) is 11.4 Å². The maximum Gasteiger partial charge on any atom is 0.225 e. The molecule has 0 atom stereocenters. The van der Waals surface area contributed by atoms with Crippen LogP contribution in [0.2, 0.25) is 0 Å². The maximum absolute atomic E-state index is 4.74. The molecule has 4 heterocycles. The topological polar surface area (TPSA) is 49.6 Å². The number of rotatable bonds is 3. The van der Waals surface area contributed by atoms with E-state index in [1.54, 1.807) is 0 Å². The zero-order valence-electron chi connectivity index (χ0n) is 14.5. The van der Waals surface area contributed by atoms with Crippen LogP contribution < -0.4 is 9.80 Å². The summed E-state index contributed by atoms with van der Waals surface area (Å²) in [4.78, 5) is 18.4. The van der Waals surface area contributed by atoms with Crippen LogP contribution in [0.25, 0.3) is 5.65 Å². The molecule has 5 rings (SSSR count). The van der Waals surface area contributed by atoms with E-state index in [0.29, 0.717) is 5.92 Å². The first-order valence-corrected chi connectivity index (χ1v) is 9.04. The molecular weight excluding hydrogens is 312 g/mol. The van der Waals surface area contributed by atoms with Crippen LogP contribution in [-0.2, 0) is 0 Å². The zero-order chi connectivity index (χ0) is 16.8. The molecule has 0 N–H and O–H groups in total. The molecule has 0 unspecified atom stereocenters. The summed E-state index contributed by atoms with van der Waals surface area (Å²) in [7, 11) is 0. The molecule has 2 aliphatic rings. The number of anilines is 2. The Hall–Kier alpha value is -2.63. The summed E-state index contributed by atoms with van der Waals surface area (Å²) >= 11 is 0. The third kappa shape index (κ3) is 2.81. The van der Waals surface area contributed by atoms with E-state index >= 15 is 0 Å². The van der Waals surface area contributed by atoms with Crippen molar-refractivity contribution in [2.75, 3.05) is 36.0 Å². The van der Waals surface area contributed by atoms with Crippen LogP contribution in [-0.4, -0.2) is 45.5 Å². The molecule has 1 saturated carbocycles. The predicted molar refractivity (Wildman–Crippen MR) is 98.4 cm³/mol. The first kappa shape index (κ1) is 14.7. The van der Waals surface area contributed by atoms with Gasteiger partial charge in [-0.2, -0.15) is 0 Å². The largest absolute Gasteiger partial charge is 0.367 e. The van der Waals surface area contributed by atoms with E-state index in [-0.39, 0.29) is 0 Å². The highest BCUT2D eigenvalue weighted by Gasteiger charge is 2.26. The Bertz CT molecular complexity index is 905. The summed E-state index contributed by atoms with van der Waals surface area (Å²) in [6.07, 6.45) is 8.84. The Balaban J connectivity index is 1.32. The quantitative estimate of drug-likeness (QED) is 0.737. The van der Waals surface area contributed by atoms with Gasteiger partial charge in [-0.05, 0) is 38.0 Å². The second-order valence-corrected chi connectivity index (χ2v) is 7.06. The molecular formula is C19H22N6. The van der Waals surface area contributed by atoms with Crippen molar-refractivity contribution in [3.05, 3.63) is 48.2 Å². The zero-order valence-corrected chi connectivity index (χ0v) is 14.5. The van der Waals surface area contributed by atoms with Crippen LogP contribution in [0.3, 0.4) is 0 Å². The van der Waals surface area contributed by atoms with E-state index in [1.807, 2.05) is 19.2 Å². The average molecular weight is 334 g/mol. The van der Waals surface area contributed by atoms with Crippen molar-refractivity contribution in [3.63, 3.8) is 0 Å². The standard InChI is InChI=1S/C19H22N6/c1-14-6-7-20-19(21-14)24-10-8-23(9-11-24)16-4-5-18-22-17(15-2-3-15)13-25(18)12-16/h4-7,12-13,15H,2-3,8-11H2,1H3. The number of piperazine rings is 1. The number of aromatic nitrogens is 4. The maximum atomic E-state index is 4.74. The van der Waals surface area contributed by atoms with Gasteiger partial charge in [-0.1, -0.05) is 0 Å². The molecule has 0 amide bonds. The second kappa shape index (κ2) is 5.72. The third-order valence-corrected chi connectivity index (χ3v) is 5.16. The van der Waals surface area contributed by atoms with Crippen LogP contribution in [0, 0.1) is 6.92 Å². The number of hydrogen-bond donors (Lipinski definition) is 0. The molecule has 0 bridgehead atoms. The number of fused-ring (bicyclic) bond motifs is 1. The smallest absolute Gasteiger partial charge is 0.225 e. The Morgan fingerprint density at radius 3 is 2.48 bits per heavy atom. The molecule has 0 radical (unpaired) electrons. The molecule has 0 aromatic carbocycles. The van der Waals surface area contributed by atoms with E-state index in [9.17, 15) is 0 Å². The lowest BCUT2D eigenvalue weighted by molar-refractivity contribution is 0.638. The molecule has 6 heteroatoms. The van der Waals surface area contributed by atoms with Gasteiger partial charge >= 0.3 is 0 Å². The van der Waals surface area contributed by atoms with Gasteiger partial charge in [-0.15, -0.1) is 0 Å². The summed E-state index contributed by atoms with van der Waals surface area (Å²) in [6.45, 7) is 5.86. The highest BCUT2D eigenvalue weighted by molar-refractivity contribution is 5.54. The summed E-state index contributed by atoms with van der Waals surface area (Å²) in [5, 5.41) is 0. The summed E-state index contributed by atoms with van der Waals surface area (Å²) in [5.41, 5.74) is 4.58. The van der Waals surface area contributed by atoms with Crippen molar-refractivity contribution < 1.29 is 0 Å². The Kier molecular flexibility index (Phi) is 3.36. The molecule has 1 aliphatic heterocycles. The molecule has 1 saturated heterocycles. The monoisotopic (exact) mass is 334 g/mol. The molecule has 25 heavy (non-hydrogen) atoms. The van der Waals surface area contributed by atoms with Gasteiger partial charge in [0.1, 0.15) is 5.65 Å². The minimum absolute atomic E-state index is 0.696. The van der Waals surface area contributed by atoms with Gasteiger partial charge in [0.2, 0.25) is 5.95 Å². The molecule has 2 fully saturated rings. The van der Waals surface area contributed by atoms with Gasteiger partial charge < -0.3 is 14.2 Å². The SMILES string of the molecule is Cc1ccnc(N2CCN(c3ccc4nc(C5CC5)cn4c3)CC2)n1. The second-order valence-electron chi connectivity index (χ2n) is 7.06. The van der Waals surface area contributed by atoms with Crippen LogP contribution in [0.5, 0.6) is 0 Å². The van der Waals surface area contributed by atoms with E-state index in [0.717, 1.165) is 43.5 Å². The minimum atomic E-state index is 0.696. The number of pyridine rings is 1. The fourth-order valence-corrected chi connectivity index (χ4v) is 3.52. The van der Waals surface area contributed by atoms with Crippen LogP contribution in [0.1, 0.15) is 30.1 Å². The Morgan fingerprint density at radius 2 is 1.72 bits per heavy atom. The predicted octanol–water partition coefficient (Wildman–Crippen LogP) is 2.64. The molecule has 128 valence electrons. The number of hydrogen-bond acceptors (Lipinski definition) is 5. The third-order valence-electron chi connectivity index (χ3n) is 5.16. The van der Waals surface area contributed by atoms with E-state index in [4.69, 9.17) is 4.98 Å². The van der Waals surface area contributed by atoms with E-state index in [2.05, 4.69) is 48.7 Å². The lowest BCUT2D eigenvalue weighted by Gasteiger charge is -2.36. The Labute approximate surface area is 147 Å². The van der Waals surface area contributed by atoms with Gasteiger partial charge in [0.25, 0.3) is 0 Å². The lowest BCUT2D eigenvalue weighted by atomic mass is 10.3. The van der Waals surface area contributed by atoms with Crippen molar-refractivity contribution in [2.24, 2.45) is 0 Å². The lowest BCUT2D eigenvalue weighted by Crippen LogP contribution is -2.47. The van der Waals surface area contributed by atoms with Gasteiger partial charge in [-0.3, -0.25) is 0 Å². The van der Waals surface area contributed by atoms with Crippen molar-refractivity contribution in [2.45, 2.75) is 25.7 Å². The van der Waals surface area contributed by atoms with Crippen molar-refractivity contribution >= 4 is 17.3 Å². The van der Waals surface area contributed by atoms with Crippen molar-refractivity contribution in [1.29, 1.82) is 0 Å². The normalized spacial score (nSPS) is 18.1. The van der Waals surface area contributed by atoms with Crippen LogP contribution in [0.15, 0.2) is 36.8 Å². The number of imidazole rings is 1. The van der Waals surface area contributed by atoms with Crippen LogP contribution >= 0.6 is 0 Å². The summed E-state index contributed by atoms with van der Waals surface area (Å²) in [6, 6.07) is 6.27. The van der Waals surface area contributed by atoms with Gasteiger partial charge in [0.15, 0.2) is 0 Å². The number of aryl methyl sites for hydroxylation is 1. The van der Waals surface area contributed by atoms with Crippen LogP contribution in [0.4, 0.5) is 11.6 Å². The minimum Gasteiger partial charge on any atom is -0.367 e. The molecule has 6 nitrogen and oxygen atoms in total.